The Bertz CT molecular complexity index is 611. The SMILES string of the molecule is CCCC1CC(C(=O)NCCN2CCC(O)(c3ccc(C)cc3)CC2)NN1. The molecule has 6 nitrogen and oxygen atoms in total. The Labute approximate surface area is 162 Å². The molecule has 0 aromatic heterocycles. The molecule has 150 valence electrons. The van der Waals surface area contributed by atoms with E-state index in [0.29, 0.717) is 12.6 Å². The number of likely N-dealkylation sites (tertiary alicyclic amines) is 1. The minimum Gasteiger partial charge on any atom is -0.385 e. The summed E-state index contributed by atoms with van der Waals surface area (Å²) >= 11 is 0. The zero-order chi connectivity index (χ0) is 19.3. The highest BCUT2D eigenvalue weighted by Crippen LogP contribution is 2.32. The van der Waals surface area contributed by atoms with E-state index < -0.39 is 5.60 Å². The predicted octanol–water partition coefficient (Wildman–Crippen LogP) is 1.43. The Hall–Kier alpha value is -1.47. The Morgan fingerprint density at radius 1 is 1.26 bits per heavy atom. The van der Waals surface area contributed by atoms with Crippen molar-refractivity contribution in [3.05, 3.63) is 35.4 Å². The molecule has 27 heavy (non-hydrogen) atoms. The standard InChI is InChI=1S/C21H34N4O2/c1-3-4-18-15-19(24-23-18)20(26)22-11-14-25-12-9-21(27,10-13-25)17-7-5-16(2)6-8-17/h5-8,18-19,23-24,27H,3-4,9-15H2,1-2H3,(H,22,26). The van der Waals surface area contributed by atoms with Gasteiger partial charge in [-0.2, -0.15) is 0 Å². The largest absolute Gasteiger partial charge is 0.385 e. The monoisotopic (exact) mass is 374 g/mol. The Kier molecular flexibility index (Phi) is 6.87. The third-order valence-electron chi connectivity index (χ3n) is 5.93. The molecule has 6 heteroatoms. The first-order valence-electron chi connectivity index (χ1n) is 10.3. The van der Waals surface area contributed by atoms with Crippen molar-refractivity contribution in [1.82, 2.24) is 21.1 Å². The number of carbonyl (C=O) groups is 1. The van der Waals surface area contributed by atoms with Crippen LogP contribution in [0.1, 0.15) is 50.2 Å². The smallest absolute Gasteiger partial charge is 0.238 e. The van der Waals surface area contributed by atoms with Gasteiger partial charge in [-0.1, -0.05) is 43.2 Å². The van der Waals surface area contributed by atoms with Gasteiger partial charge in [0.25, 0.3) is 0 Å². The fourth-order valence-electron chi connectivity index (χ4n) is 4.09. The number of benzene rings is 1. The lowest BCUT2D eigenvalue weighted by molar-refractivity contribution is -0.123. The van der Waals surface area contributed by atoms with Crippen LogP contribution in [-0.2, 0) is 10.4 Å². The third-order valence-corrected chi connectivity index (χ3v) is 5.93. The molecule has 3 rings (SSSR count). The lowest BCUT2D eigenvalue weighted by atomic mass is 9.84. The first-order valence-corrected chi connectivity index (χ1v) is 10.3. The number of amides is 1. The van der Waals surface area contributed by atoms with Gasteiger partial charge in [0.2, 0.25) is 5.91 Å². The molecule has 0 radical (unpaired) electrons. The van der Waals surface area contributed by atoms with Crippen LogP contribution in [0.5, 0.6) is 0 Å². The van der Waals surface area contributed by atoms with E-state index in [-0.39, 0.29) is 11.9 Å². The molecule has 0 saturated carbocycles. The molecule has 2 aliphatic rings. The van der Waals surface area contributed by atoms with E-state index in [2.05, 4.69) is 47.0 Å². The highest BCUT2D eigenvalue weighted by atomic mass is 16.3. The van der Waals surface area contributed by atoms with Crippen molar-refractivity contribution in [2.24, 2.45) is 0 Å². The van der Waals surface area contributed by atoms with E-state index in [1.165, 1.54) is 5.56 Å². The number of hydrazine groups is 1. The zero-order valence-corrected chi connectivity index (χ0v) is 16.6. The van der Waals surface area contributed by atoms with Crippen LogP contribution < -0.4 is 16.2 Å². The maximum absolute atomic E-state index is 12.3. The summed E-state index contributed by atoms with van der Waals surface area (Å²) in [4.78, 5) is 14.6. The summed E-state index contributed by atoms with van der Waals surface area (Å²) in [5.74, 6) is 0.0780. The lowest BCUT2D eigenvalue weighted by Gasteiger charge is -2.38. The van der Waals surface area contributed by atoms with E-state index in [0.717, 1.165) is 57.3 Å². The fraction of sp³-hybridized carbons (Fsp3) is 0.667. The third kappa shape index (κ3) is 5.29. The van der Waals surface area contributed by atoms with Gasteiger partial charge in [0.15, 0.2) is 0 Å². The first-order chi connectivity index (χ1) is 13.0. The Morgan fingerprint density at radius 2 is 1.96 bits per heavy atom. The molecule has 1 aromatic rings. The normalized spacial score (nSPS) is 25.4. The van der Waals surface area contributed by atoms with Crippen molar-refractivity contribution < 1.29 is 9.90 Å². The van der Waals surface area contributed by atoms with Crippen LogP contribution in [0.4, 0.5) is 0 Å². The van der Waals surface area contributed by atoms with E-state index in [4.69, 9.17) is 0 Å². The number of carbonyl (C=O) groups excluding carboxylic acids is 1. The molecule has 1 amide bonds. The second kappa shape index (κ2) is 9.15. The molecular formula is C21H34N4O2. The second-order valence-electron chi connectivity index (χ2n) is 8.09. The summed E-state index contributed by atoms with van der Waals surface area (Å²) in [7, 11) is 0. The van der Waals surface area contributed by atoms with Gasteiger partial charge in [-0.05, 0) is 38.2 Å². The molecule has 2 fully saturated rings. The van der Waals surface area contributed by atoms with Crippen LogP contribution in [0.15, 0.2) is 24.3 Å². The number of rotatable bonds is 7. The van der Waals surface area contributed by atoms with Crippen molar-refractivity contribution in [1.29, 1.82) is 0 Å². The van der Waals surface area contributed by atoms with E-state index in [9.17, 15) is 9.90 Å². The average Bonchev–Trinajstić information content (AvgIpc) is 3.13. The van der Waals surface area contributed by atoms with Gasteiger partial charge in [0, 0.05) is 32.2 Å². The molecule has 2 unspecified atom stereocenters. The molecule has 0 spiro atoms. The minimum atomic E-state index is -0.721. The molecule has 0 aliphatic carbocycles. The van der Waals surface area contributed by atoms with Crippen molar-refractivity contribution in [2.45, 2.75) is 63.6 Å². The van der Waals surface area contributed by atoms with E-state index in [1.807, 2.05) is 12.1 Å². The van der Waals surface area contributed by atoms with Gasteiger partial charge < -0.3 is 15.3 Å². The summed E-state index contributed by atoms with van der Waals surface area (Å²) in [5, 5.41) is 14.0. The molecule has 1 aromatic carbocycles. The fourth-order valence-corrected chi connectivity index (χ4v) is 4.09. The van der Waals surface area contributed by atoms with Crippen LogP contribution >= 0.6 is 0 Å². The Morgan fingerprint density at radius 3 is 2.63 bits per heavy atom. The lowest BCUT2D eigenvalue weighted by Crippen LogP contribution is -2.47. The summed E-state index contributed by atoms with van der Waals surface area (Å²) in [6.45, 7) is 7.40. The topological polar surface area (TPSA) is 76.6 Å². The van der Waals surface area contributed by atoms with Gasteiger partial charge in [0.05, 0.1) is 5.60 Å². The molecule has 4 N–H and O–H groups in total. The van der Waals surface area contributed by atoms with Crippen molar-refractivity contribution in [3.63, 3.8) is 0 Å². The van der Waals surface area contributed by atoms with Crippen LogP contribution in [0.2, 0.25) is 0 Å². The van der Waals surface area contributed by atoms with Crippen LogP contribution in [0, 0.1) is 6.92 Å². The number of aliphatic hydroxyl groups is 1. The summed E-state index contributed by atoms with van der Waals surface area (Å²) in [6, 6.07) is 8.47. The maximum Gasteiger partial charge on any atom is 0.238 e. The Balaban J connectivity index is 1.37. The minimum absolute atomic E-state index is 0.0780. The number of hydrogen-bond acceptors (Lipinski definition) is 5. The second-order valence-corrected chi connectivity index (χ2v) is 8.09. The number of nitrogens with zero attached hydrogens (tertiary/aromatic N) is 1. The predicted molar refractivity (Wildman–Crippen MR) is 107 cm³/mol. The van der Waals surface area contributed by atoms with Gasteiger partial charge in [-0.3, -0.25) is 10.2 Å². The summed E-state index contributed by atoms with van der Waals surface area (Å²) in [6.07, 6.45) is 4.53. The van der Waals surface area contributed by atoms with E-state index >= 15 is 0 Å². The average molecular weight is 375 g/mol. The van der Waals surface area contributed by atoms with Crippen molar-refractivity contribution in [2.75, 3.05) is 26.2 Å². The zero-order valence-electron chi connectivity index (χ0n) is 16.6. The number of piperidine rings is 1. The first kappa shape index (κ1) is 20.3. The molecular weight excluding hydrogens is 340 g/mol. The number of hydrogen-bond donors (Lipinski definition) is 4. The van der Waals surface area contributed by atoms with Crippen LogP contribution in [0.25, 0.3) is 0 Å². The quantitative estimate of drug-likeness (QED) is 0.581. The van der Waals surface area contributed by atoms with Crippen LogP contribution in [0.3, 0.4) is 0 Å². The summed E-state index contributed by atoms with van der Waals surface area (Å²) in [5.41, 5.74) is 7.82. The number of nitrogens with one attached hydrogen (secondary N) is 3. The van der Waals surface area contributed by atoms with Gasteiger partial charge >= 0.3 is 0 Å². The van der Waals surface area contributed by atoms with Crippen molar-refractivity contribution >= 4 is 5.91 Å². The van der Waals surface area contributed by atoms with Crippen molar-refractivity contribution in [3.8, 4) is 0 Å². The summed E-state index contributed by atoms with van der Waals surface area (Å²) < 4.78 is 0. The molecule has 2 aliphatic heterocycles. The highest BCUT2D eigenvalue weighted by Gasteiger charge is 2.34. The molecule has 2 saturated heterocycles. The molecule has 2 atom stereocenters. The number of aryl methyl sites for hydroxylation is 1. The van der Waals surface area contributed by atoms with E-state index in [1.54, 1.807) is 0 Å². The van der Waals surface area contributed by atoms with Crippen LogP contribution in [-0.4, -0.2) is 54.2 Å². The molecule has 0 bridgehead atoms. The van der Waals surface area contributed by atoms with Gasteiger partial charge in [-0.15, -0.1) is 0 Å². The maximum atomic E-state index is 12.3. The van der Waals surface area contributed by atoms with Gasteiger partial charge in [-0.25, -0.2) is 5.43 Å². The van der Waals surface area contributed by atoms with Gasteiger partial charge in [0.1, 0.15) is 6.04 Å². The molecule has 2 heterocycles. The highest BCUT2D eigenvalue weighted by molar-refractivity contribution is 5.82.